The first-order chi connectivity index (χ1) is 11.3. The SMILES string of the molecule is CCONC(=O)C1=NN(c2ccccc2)C(c2ccccc2)C1. The summed E-state index contributed by atoms with van der Waals surface area (Å²) in [5, 5.41) is 6.43. The molecular weight excluding hydrogens is 290 g/mol. The van der Waals surface area contributed by atoms with Crippen molar-refractivity contribution < 1.29 is 9.63 Å². The van der Waals surface area contributed by atoms with Gasteiger partial charge in [-0.1, -0.05) is 48.5 Å². The molecule has 0 spiro atoms. The van der Waals surface area contributed by atoms with E-state index in [0.717, 1.165) is 11.3 Å². The Morgan fingerprint density at radius 1 is 1.17 bits per heavy atom. The molecule has 0 fully saturated rings. The van der Waals surface area contributed by atoms with Gasteiger partial charge in [0, 0.05) is 6.42 Å². The zero-order valence-electron chi connectivity index (χ0n) is 13.0. The number of benzene rings is 2. The average molecular weight is 309 g/mol. The van der Waals surface area contributed by atoms with E-state index in [1.165, 1.54) is 0 Å². The number of hydrazone groups is 1. The third-order valence-corrected chi connectivity index (χ3v) is 3.69. The van der Waals surface area contributed by atoms with E-state index in [1.54, 1.807) is 0 Å². The molecule has 23 heavy (non-hydrogen) atoms. The molecule has 0 aliphatic carbocycles. The smallest absolute Gasteiger partial charge is 0.274 e. The summed E-state index contributed by atoms with van der Waals surface area (Å²) in [4.78, 5) is 17.2. The Balaban J connectivity index is 1.89. The molecule has 1 heterocycles. The van der Waals surface area contributed by atoms with Crippen LogP contribution < -0.4 is 10.5 Å². The molecule has 2 aromatic carbocycles. The first kappa shape index (κ1) is 15.2. The van der Waals surface area contributed by atoms with E-state index in [-0.39, 0.29) is 11.9 Å². The van der Waals surface area contributed by atoms with Crippen LogP contribution >= 0.6 is 0 Å². The van der Waals surface area contributed by atoms with E-state index in [4.69, 9.17) is 4.84 Å². The van der Waals surface area contributed by atoms with E-state index < -0.39 is 0 Å². The maximum Gasteiger partial charge on any atom is 0.291 e. The molecule has 0 saturated carbocycles. The highest BCUT2D eigenvalue weighted by Gasteiger charge is 2.32. The van der Waals surface area contributed by atoms with Gasteiger partial charge >= 0.3 is 0 Å². The molecule has 118 valence electrons. The lowest BCUT2D eigenvalue weighted by Gasteiger charge is -2.23. The fourth-order valence-corrected chi connectivity index (χ4v) is 2.60. The molecule has 1 unspecified atom stereocenters. The number of nitrogens with one attached hydrogen (secondary N) is 1. The number of amides is 1. The summed E-state index contributed by atoms with van der Waals surface area (Å²) in [7, 11) is 0. The van der Waals surface area contributed by atoms with Crippen molar-refractivity contribution >= 4 is 17.3 Å². The number of hydrogen-bond acceptors (Lipinski definition) is 4. The molecule has 1 aliphatic heterocycles. The van der Waals surface area contributed by atoms with Crippen LogP contribution in [0.4, 0.5) is 5.69 Å². The predicted octanol–water partition coefficient (Wildman–Crippen LogP) is 3.06. The van der Waals surface area contributed by atoms with Gasteiger partial charge in [0.2, 0.25) is 0 Å². The maximum atomic E-state index is 12.2. The fourth-order valence-electron chi connectivity index (χ4n) is 2.60. The van der Waals surface area contributed by atoms with Crippen molar-refractivity contribution in [2.45, 2.75) is 19.4 Å². The second-order valence-electron chi connectivity index (χ2n) is 5.22. The van der Waals surface area contributed by atoms with E-state index in [2.05, 4.69) is 22.7 Å². The number of hydrogen-bond donors (Lipinski definition) is 1. The lowest BCUT2D eigenvalue weighted by molar-refractivity contribution is -0.126. The monoisotopic (exact) mass is 309 g/mol. The number of anilines is 1. The predicted molar refractivity (Wildman–Crippen MR) is 89.9 cm³/mol. The van der Waals surface area contributed by atoms with Crippen molar-refractivity contribution in [1.82, 2.24) is 5.48 Å². The third-order valence-electron chi connectivity index (χ3n) is 3.69. The molecule has 5 heteroatoms. The van der Waals surface area contributed by atoms with Gasteiger partial charge in [0.05, 0.1) is 18.3 Å². The summed E-state index contributed by atoms with van der Waals surface area (Å²) < 4.78 is 0. The minimum Gasteiger partial charge on any atom is -0.274 e. The summed E-state index contributed by atoms with van der Waals surface area (Å²) in [6, 6.07) is 20.0. The largest absolute Gasteiger partial charge is 0.291 e. The summed E-state index contributed by atoms with van der Waals surface area (Å²) in [5.74, 6) is -0.286. The topological polar surface area (TPSA) is 53.9 Å². The molecular formula is C18H19N3O2. The second kappa shape index (κ2) is 7.07. The number of para-hydroxylation sites is 1. The van der Waals surface area contributed by atoms with Crippen LogP contribution in [-0.4, -0.2) is 18.2 Å². The zero-order chi connectivity index (χ0) is 16.1. The van der Waals surface area contributed by atoms with Crippen LogP contribution in [0.2, 0.25) is 0 Å². The number of rotatable bonds is 5. The number of carbonyl (C=O) groups is 1. The Morgan fingerprint density at radius 2 is 1.83 bits per heavy atom. The molecule has 2 aromatic rings. The molecule has 5 nitrogen and oxygen atoms in total. The Kier molecular flexibility index (Phi) is 4.68. The maximum absolute atomic E-state index is 12.2. The van der Waals surface area contributed by atoms with Crippen LogP contribution in [0.5, 0.6) is 0 Å². The van der Waals surface area contributed by atoms with Gasteiger partial charge in [-0.25, -0.2) is 5.48 Å². The summed E-state index contributed by atoms with van der Waals surface area (Å²) in [6.45, 7) is 2.24. The average Bonchev–Trinajstić information content (AvgIpc) is 3.06. The number of nitrogens with zero attached hydrogens (tertiary/aromatic N) is 2. The Bertz CT molecular complexity index is 686. The van der Waals surface area contributed by atoms with Gasteiger partial charge in [0.1, 0.15) is 5.71 Å². The first-order valence-corrected chi connectivity index (χ1v) is 7.68. The number of hydroxylamine groups is 1. The van der Waals surface area contributed by atoms with Gasteiger partial charge < -0.3 is 0 Å². The molecule has 0 bridgehead atoms. The van der Waals surface area contributed by atoms with Crippen LogP contribution in [0.3, 0.4) is 0 Å². The van der Waals surface area contributed by atoms with Crippen molar-refractivity contribution in [3.8, 4) is 0 Å². The van der Waals surface area contributed by atoms with Gasteiger partial charge in [-0.3, -0.25) is 14.6 Å². The van der Waals surface area contributed by atoms with Gasteiger partial charge in [-0.15, -0.1) is 0 Å². The quantitative estimate of drug-likeness (QED) is 0.864. The van der Waals surface area contributed by atoms with Gasteiger partial charge in [-0.05, 0) is 24.6 Å². The molecule has 3 rings (SSSR count). The van der Waals surface area contributed by atoms with Crippen molar-refractivity contribution in [1.29, 1.82) is 0 Å². The van der Waals surface area contributed by atoms with Crippen LogP contribution in [0.15, 0.2) is 65.8 Å². The van der Waals surface area contributed by atoms with E-state index in [0.29, 0.717) is 18.7 Å². The van der Waals surface area contributed by atoms with Crippen LogP contribution in [0, 0.1) is 0 Å². The van der Waals surface area contributed by atoms with E-state index in [9.17, 15) is 4.79 Å². The lowest BCUT2D eigenvalue weighted by Crippen LogP contribution is -2.30. The van der Waals surface area contributed by atoms with Crippen LogP contribution in [0.1, 0.15) is 24.9 Å². The van der Waals surface area contributed by atoms with E-state index in [1.807, 2.05) is 60.5 Å². The Morgan fingerprint density at radius 3 is 2.48 bits per heavy atom. The summed E-state index contributed by atoms with van der Waals surface area (Å²) in [6.07, 6.45) is 0.539. The van der Waals surface area contributed by atoms with Crippen molar-refractivity contribution in [2.24, 2.45) is 5.10 Å². The highest BCUT2D eigenvalue weighted by Crippen LogP contribution is 2.34. The Labute approximate surface area is 135 Å². The summed E-state index contributed by atoms with van der Waals surface area (Å²) in [5.41, 5.74) is 4.97. The Hall–Kier alpha value is -2.66. The fraction of sp³-hybridized carbons (Fsp3) is 0.222. The minimum atomic E-state index is -0.286. The third kappa shape index (κ3) is 3.40. The highest BCUT2D eigenvalue weighted by molar-refractivity contribution is 6.39. The molecule has 1 N–H and O–H groups in total. The lowest BCUT2D eigenvalue weighted by atomic mass is 10.0. The van der Waals surface area contributed by atoms with Crippen LogP contribution in [-0.2, 0) is 9.63 Å². The van der Waals surface area contributed by atoms with Gasteiger partial charge in [0.15, 0.2) is 0 Å². The zero-order valence-corrected chi connectivity index (χ0v) is 13.0. The molecule has 1 atom stereocenters. The van der Waals surface area contributed by atoms with Gasteiger partial charge in [0.25, 0.3) is 5.91 Å². The molecule has 0 aromatic heterocycles. The van der Waals surface area contributed by atoms with E-state index >= 15 is 0 Å². The standard InChI is InChI=1S/C18H19N3O2/c1-2-23-20-18(22)16-13-17(14-9-5-3-6-10-14)21(19-16)15-11-7-4-8-12-15/h3-12,17H,2,13H2,1H3,(H,20,22). The molecule has 1 amide bonds. The first-order valence-electron chi connectivity index (χ1n) is 7.68. The normalized spacial score (nSPS) is 17.0. The summed E-state index contributed by atoms with van der Waals surface area (Å²) >= 11 is 0. The van der Waals surface area contributed by atoms with Gasteiger partial charge in [-0.2, -0.15) is 5.10 Å². The van der Waals surface area contributed by atoms with Crippen LogP contribution in [0.25, 0.3) is 0 Å². The second-order valence-corrected chi connectivity index (χ2v) is 5.22. The highest BCUT2D eigenvalue weighted by atomic mass is 16.6. The molecule has 1 aliphatic rings. The molecule has 0 radical (unpaired) electrons. The molecule has 0 saturated heterocycles. The number of carbonyl (C=O) groups excluding carboxylic acids is 1. The minimum absolute atomic E-state index is 0.000904. The van der Waals surface area contributed by atoms with Crippen molar-refractivity contribution in [3.63, 3.8) is 0 Å². The van der Waals surface area contributed by atoms with Crippen molar-refractivity contribution in [2.75, 3.05) is 11.6 Å². The van der Waals surface area contributed by atoms with Crippen molar-refractivity contribution in [3.05, 3.63) is 66.2 Å².